The van der Waals surface area contributed by atoms with Crippen LogP contribution in [0.5, 0.6) is 5.75 Å². The molecule has 0 spiro atoms. The van der Waals surface area contributed by atoms with Crippen LogP contribution in [0.1, 0.15) is 35.6 Å². The molecule has 1 unspecified atom stereocenters. The number of benzene rings is 1. The van der Waals surface area contributed by atoms with E-state index in [0.29, 0.717) is 6.54 Å². The van der Waals surface area contributed by atoms with Crippen molar-refractivity contribution in [3.8, 4) is 5.75 Å². The molecule has 0 bridgehead atoms. The van der Waals surface area contributed by atoms with Gasteiger partial charge < -0.3 is 19.8 Å². The topological polar surface area (TPSA) is 58.8 Å². The van der Waals surface area contributed by atoms with E-state index < -0.39 is 0 Å². The van der Waals surface area contributed by atoms with Crippen LogP contribution in [-0.4, -0.2) is 20.1 Å². The van der Waals surface area contributed by atoms with Gasteiger partial charge in [-0.3, -0.25) is 4.99 Å². The summed E-state index contributed by atoms with van der Waals surface area (Å²) in [6.45, 7) is 6.71. The zero-order valence-corrected chi connectivity index (χ0v) is 17.2. The van der Waals surface area contributed by atoms with Gasteiger partial charge in [0.05, 0.1) is 13.2 Å². The second-order valence-electron chi connectivity index (χ2n) is 5.60. The third-order valence-corrected chi connectivity index (χ3v) is 3.57. The summed E-state index contributed by atoms with van der Waals surface area (Å²) in [4.78, 5) is 4.26. The summed E-state index contributed by atoms with van der Waals surface area (Å²) in [6.07, 6.45) is 0. The average molecular weight is 443 g/mol. The molecule has 1 aromatic heterocycles. The minimum atomic E-state index is 0. The number of nitrogens with one attached hydrogen (secondary N) is 2. The third-order valence-electron chi connectivity index (χ3n) is 3.57. The Bertz CT molecular complexity index is 683. The van der Waals surface area contributed by atoms with Gasteiger partial charge in [0.15, 0.2) is 5.96 Å². The van der Waals surface area contributed by atoms with Crippen LogP contribution < -0.4 is 15.4 Å². The molecular formula is C18H26IN3O2. The highest BCUT2D eigenvalue weighted by molar-refractivity contribution is 14.0. The summed E-state index contributed by atoms with van der Waals surface area (Å²) in [5.41, 5.74) is 2.31. The fraction of sp³-hybridized carbons (Fsp3) is 0.389. The molecule has 132 valence electrons. The Kier molecular flexibility index (Phi) is 8.10. The normalized spacial score (nSPS) is 12.3. The van der Waals surface area contributed by atoms with Gasteiger partial charge in [0.1, 0.15) is 17.3 Å². The Morgan fingerprint density at radius 3 is 2.58 bits per heavy atom. The van der Waals surface area contributed by atoms with Gasteiger partial charge in [-0.2, -0.15) is 0 Å². The summed E-state index contributed by atoms with van der Waals surface area (Å²) in [5.74, 6) is 3.39. The van der Waals surface area contributed by atoms with Gasteiger partial charge in [-0.15, -0.1) is 24.0 Å². The van der Waals surface area contributed by atoms with Crippen molar-refractivity contribution in [3.05, 3.63) is 53.0 Å². The van der Waals surface area contributed by atoms with E-state index >= 15 is 0 Å². The van der Waals surface area contributed by atoms with Crippen LogP contribution in [-0.2, 0) is 6.54 Å². The van der Waals surface area contributed by atoms with Gasteiger partial charge in [0.25, 0.3) is 0 Å². The lowest BCUT2D eigenvalue weighted by atomic mass is 10.1. The Balaban J connectivity index is 0.00000288. The molecule has 1 heterocycles. The lowest BCUT2D eigenvalue weighted by molar-refractivity contribution is 0.414. The molecule has 0 aliphatic heterocycles. The van der Waals surface area contributed by atoms with E-state index in [2.05, 4.69) is 28.6 Å². The highest BCUT2D eigenvalue weighted by Gasteiger charge is 2.11. The molecule has 1 atom stereocenters. The molecule has 2 aromatic rings. The molecule has 0 aliphatic carbocycles. The monoisotopic (exact) mass is 443 g/mol. The van der Waals surface area contributed by atoms with E-state index in [1.54, 1.807) is 14.2 Å². The van der Waals surface area contributed by atoms with E-state index in [1.807, 2.05) is 38.1 Å². The van der Waals surface area contributed by atoms with Crippen LogP contribution in [0, 0.1) is 13.8 Å². The first-order valence-electron chi connectivity index (χ1n) is 7.70. The molecule has 24 heavy (non-hydrogen) atoms. The molecule has 0 saturated carbocycles. The van der Waals surface area contributed by atoms with Gasteiger partial charge in [-0.05, 0) is 56.2 Å². The van der Waals surface area contributed by atoms with E-state index in [9.17, 15) is 0 Å². The largest absolute Gasteiger partial charge is 0.497 e. The molecule has 0 radical (unpaired) electrons. The van der Waals surface area contributed by atoms with Crippen LogP contribution in [0.15, 0.2) is 39.7 Å². The van der Waals surface area contributed by atoms with Gasteiger partial charge in [0.2, 0.25) is 0 Å². The Labute approximate surface area is 160 Å². The van der Waals surface area contributed by atoms with Crippen LogP contribution >= 0.6 is 24.0 Å². The predicted molar refractivity (Wildman–Crippen MR) is 108 cm³/mol. The smallest absolute Gasteiger partial charge is 0.191 e. The quantitative estimate of drug-likeness (QED) is 0.418. The second-order valence-corrected chi connectivity index (χ2v) is 5.60. The van der Waals surface area contributed by atoms with Crippen LogP contribution in [0.3, 0.4) is 0 Å². The van der Waals surface area contributed by atoms with Gasteiger partial charge in [-0.1, -0.05) is 6.07 Å². The number of methoxy groups -OCH3 is 1. The molecule has 2 N–H and O–H groups in total. The summed E-state index contributed by atoms with van der Waals surface area (Å²) in [6, 6.07) is 10.1. The zero-order valence-electron chi connectivity index (χ0n) is 14.8. The molecule has 0 saturated heterocycles. The highest BCUT2D eigenvalue weighted by Crippen LogP contribution is 2.17. The number of guanidine groups is 1. The van der Waals surface area contributed by atoms with Crippen molar-refractivity contribution in [2.75, 3.05) is 14.2 Å². The Morgan fingerprint density at radius 2 is 2.00 bits per heavy atom. The number of rotatable bonds is 5. The molecule has 6 heteroatoms. The number of halogens is 1. The SMILES string of the molecule is CN=C(NCc1cc(C)cc(OC)c1)NC(C)c1ccc(C)o1.I. The molecule has 1 aromatic carbocycles. The van der Waals surface area contributed by atoms with Crippen LogP contribution in [0.25, 0.3) is 0 Å². The maximum Gasteiger partial charge on any atom is 0.191 e. The first kappa shape index (κ1) is 20.3. The Morgan fingerprint density at radius 1 is 1.25 bits per heavy atom. The number of aryl methyl sites for hydroxylation is 2. The second kappa shape index (κ2) is 9.56. The number of furan rings is 1. The molecule has 0 amide bonds. The van der Waals surface area contributed by atoms with Crippen molar-refractivity contribution in [1.29, 1.82) is 0 Å². The number of aliphatic imine (C=N–C) groups is 1. The maximum atomic E-state index is 5.64. The fourth-order valence-corrected chi connectivity index (χ4v) is 2.39. The van der Waals surface area contributed by atoms with Crippen molar-refractivity contribution in [2.45, 2.75) is 33.4 Å². The first-order valence-corrected chi connectivity index (χ1v) is 7.70. The molecular weight excluding hydrogens is 417 g/mol. The van der Waals surface area contributed by atoms with E-state index in [-0.39, 0.29) is 30.0 Å². The van der Waals surface area contributed by atoms with Crippen molar-refractivity contribution >= 4 is 29.9 Å². The van der Waals surface area contributed by atoms with E-state index in [0.717, 1.165) is 28.8 Å². The van der Waals surface area contributed by atoms with Gasteiger partial charge in [0, 0.05) is 13.6 Å². The standard InChI is InChI=1S/C18H25N3O2.HI/c1-12-8-15(10-16(9-12)22-5)11-20-18(19-4)21-14(3)17-7-6-13(2)23-17;/h6-10,14H,11H2,1-5H3,(H2,19,20,21);1H. The highest BCUT2D eigenvalue weighted by atomic mass is 127. The third kappa shape index (κ3) is 5.74. The van der Waals surface area contributed by atoms with Crippen LogP contribution in [0.2, 0.25) is 0 Å². The molecule has 5 nitrogen and oxygen atoms in total. The predicted octanol–water partition coefficient (Wildman–Crippen LogP) is 3.95. The molecule has 0 aliphatic rings. The fourth-order valence-electron chi connectivity index (χ4n) is 2.39. The minimum absolute atomic E-state index is 0. The number of nitrogens with zero attached hydrogens (tertiary/aromatic N) is 1. The summed E-state index contributed by atoms with van der Waals surface area (Å²) < 4.78 is 10.9. The van der Waals surface area contributed by atoms with Crippen molar-refractivity contribution in [2.24, 2.45) is 4.99 Å². The lowest BCUT2D eigenvalue weighted by Crippen LogP contribution is -2.38. The first-order chi connectivity index (χ1) is 11.0. The average Bonchev–Trinajstić information content (AvgIpc) is 2.97. The van der Waals surface area contributed by atoms with E-state index in [4.69, 9.17) is 9.15 Å². The van der Waals surface area contributed by atoms with Crippen LogP contribution in [0.4, 0.5) is 0 Å². The number of ether oxygens (including phenoxy) is 1. The van der Waals surface area contributed by atoms with E-state index in [1.165, 1.54) is 5.56 Å². The van der Waals surface area contributed by atoms with Crippen molar-refractivity contribution < 1.29 is 9.15 Å². The lowest BCUT2D eigenvalue weighted by Gasteiger charge is -2.17. The minimum Gasteiger partial charge on any atom is -0.497 e. The number of hydrogen-bond donors (Lipinski definition) is 2. The summed E-state index contributed by atoms with van der Waals surface area (Å²) in [5, 5.41) is 6.64. The summed E-state index contributed by atoms with van der Waals surface area (Å²) >= 11 is 0. The Hall–Kier alpha value is -1.70. The maximum absolute atomic E-state index is 5.64. The van der Waals surface area contributed by atoms with Gasteiger partial charge >= 0.3 is 0 Å². The molecule has 0 fully saturated rings. The zero-order chi connectivity index (χ0) is 16.8. The van der Waals surface area contributed by atoms with Crippen molar-refractivity contribution in [3.63, 3.8) is 0 Å². The van der Waals surface area contributed by atoms with Crippen molar-refractivity contribution in [1.82, 2.24) is 10.6 Å². The number of hydrogen-bond acceptors (Lipinski definition) is 3. The molecule has 2 rings (SSSR count). The summed E-state index contributed by atoms with van der Waals surface area (Å²) in [7, 11) is 3.44. The van der Waals surface area contributed by atoms with Gasteiger partial charge in [-0.25, -0.2) is 0 Å².